The van der Waals surface area contributed by atoms with Crippen LogP contribution in [0.1, 0.15) is 6.42 Å². The van der Waals surface area contributed by atoms with E-state index >= 15 is 0 Å². The summed E-state index contributed by atoms with van der Waals surface area (Å²) in [7, 11) is -2.26. The van der Waals surface area contributed by atoms with Gasteiger partial charge in [0, 0.05) is 26.2 Å². The van der Waals surface area contributed by atoms with Crippen molar-refractivity contribution in [1.82, 2.24) is 15.0 Å². The van der Waals surface area contributed by atoms with E-state index in [0.717, 1.165) is 6.20 Å². The summed E-state index contributed by atoms with van der Waals surface area (Å²) >= 11 is 5.68. The quantitative estimate of drug-likeness (QED) is 0.691. The molecule has 1 rings (SSSR count). The minimum atomic E-state index is -3.74. The first kappa shape index (κ1) is 14.7. The molecule has 0 saturated heterocycles. The van der Waals surface area contributed by atoms with Crippen molar-refractivity contribution in [2.24, 2.45) is 0 Å². The average molecular weight is 293 g/mol. The number of sulfonamides is 1. The standard InChI is InChI=1S/C9H13ClN4O3S/c1-12-8(15)2-3-14-18(16,17)6-4-7(10)9(11)13-5-6/h4-5,14H,2-3H2,1H3,(H2,11,13)(H,12,15). The van der Waals surface area contributed by atoms with Gasteiger partial charge in [-0.25, -0.2) is 18.1 Å². The summed E-state index contributed by atoms with van der Waals surface area (Å²) in [6.07, 6.45) is 1.15. The highest BCUT2D eigenvalue weighted by Gasteiger charge is 2.15. The molecule has 18 heavy (non-hydrogen) atoms. The Hall–Kier alpha value is -1.38. The predicted octanol–water partition coefficient (Wildman–Crippen LogP) is -0.268. The molecule has 0 fully saturated rings. The fourth-order valence-electron chi connectivity index (χ4n) is 1.09. The van der Waals surface area contributed by atoms with Crippen molar-refractivity contribution in [3.8, 4) is 0 Å². The van der Waals surface area contributed by atoms with Gasteiger partial charge < -0.3 is 11.1 Å². The normalized spacial score (nSPS) is 11.2. The highest BCUT2D eigenvalue weighted by atomic mass is 35.5. The van der Waals surface area contributed by atoms with Gasteiger partial charge in [0.1, 0.15) is 10.7 Å². The van der Waals surface area contributed by atoms with Crippen LogP contribution in [0.3, 0.4) is 0 Å². The Morgan fingerprint density at radius 1 is 1.56 bits per heavy atom. The first-order chi connectivity index (χ1) is 8.36. The molecule has 0 bridgehead atoms. The Bertz CT molecular complexity index is 547. The number of nitrogens with two attached hydrogens (primary N) is 1. The molecule has 0 aliphatic rings. The molecular formula is C9H13ClN4O3S. The lowest BCUT2D eigenvalue weighted by molar-refractivity contribution is -0.120. The molecule has 0 aliphatic heterocycles. The maximum atomic E-state index is 11.8. The molecule has 9 heteroatoms. The van der Waals surface area contributed by atoms with E-state index < -0.39 is 10.0 Å². The minimum Gasteiger partial charge on any atom is -0.382 e. The van der Waals surface area contributed by atoms with Gasteiger partial charge in [0.25, 0.3) is 0 Å². The van der Waals surface area contributed by atoms with Gasteiger partial charge >= 0.3 is 0 Å². The Labute approximate surface area is 110 Å². The Balaban J connectivity index is 2.74. The lowest BCUT2D eigenvalue weighted by Gasteiger charge is -2.07. The summed E-state index contributed by atoms with van der Waals surface area (Å²) in [4.78, 5) is 14.5. The van der Waals surface area contributed by atoms with Crippen LogP contribution in [0.25, 0.3) is 0 Å². The monoisotopic (exact) mass is 292 g/mol. The second-order valence-corrected chi connectivity index (χ2v) is 5.53. The van der Waals surface area contributed by atoms with Crippen LogP contribution in [-0.4, -0.2) is 32.9 Å². The second kappa shape index (κ2) is 5.98. The number of hydrogen-bond acceptors (Lipinski definition) is 5. The van der Waals surface area contributed by atoms with E-state index in [1.165, 1.54) is 13.1 Å². The molecular weight excluding hydrogens is 280 g/mol. The molecule has 1 heterocycles. The Kier molecular flexibility index (Phi) is 4.88. The molecule has 0 atom stereocenters. The van der Waals surface area contributed by atoms with Crippen LogP contribution in [0.4, 0.5) is 5.82 Å². The molecule has 0 saturated carbocycles. The number of hydrogen-bond donors (Lipinski definition) is 3. The Morgan fingerprint density at radius 2 is 2.22 bits per heavy atom. The van der Waals surface area contributed by atoms with Gasteiger partial charge in [-0.1, -0.05) is 11.6 Å². The molecule has 4 N–H and O–H groups in total. The fourth-order valence-corrected chi connectivity index (χ4v) is 2.32. The third-order valence-electron chi connectivity index (χ3n) is 2.08. The highest BCUT2D eigenvalue weighted by Crippen LogP contribution is 2.19. The van der Waals surface area contributed by atoms with Crippen molar-refractivity contribution >= 4 is 33.3 Å². The maximum absolute atomic E-state index is 11.8. The summed E-state index contributed by atoms with van der Waals surface area (Å²) in [5, 5.41) is 2.44. The fraction of sp³-hybridized carbons (Fsp3) is 0.333. The number of anilines is 1. The number of nitrogen functional groups attached to an aromatic ring is 1. The van der Waals surface area contributed by atoms with Crippen LogP contribution in [0, 0.1) is 0 Å². The van der Waals surface area contributed by atoms with Crippen LogP contribution in [-0.2, 0) is 14.8 Å². The van der Waals surface area contributed by atoms with E-state index in [2.05, 4.69) is 15.0 Å². The van der Waals surface area contributed by atoms with Gasteiger partial charge in [-0.2, -0.15) is 0 Å². The summed E-state index contributed by atoms with van der Waals surface area (Å²) in [6, 6.07) is 1.20. The first-order valence-corrected chi connectivity index (χ1v) is 6.84. The summed E-state index contributed by atoms with van der Waals surface area (Å²) in [5.74, 6) is -0.202. The molecule has 1 aromatic heterocycles. The summed E-state index contributed by atoms with van der Waals surface area (Å²) in [5.41, 5.74) is 5.38. The molecule has 100 valence electrons. The average Bonchev–Trinajstić information content (AvgIpc) is 2.32. The largest absolute Gasteiger partial charge is 0.382 e. The van der Waals surface area contributed by atoms with Crippen molar-refractivity contribution in [3.63, 3.8) is 0 Å². The van der Waals surface area contributed by atoms with Crippen molar-refractivity contribution in [2.75, 3.05) is 19.3 Å². The lowest BCUT2D eigenvalue weighted by Crippen LogP contribution is -2.29. The zero-order chi connectivity index (χ0) is 13.8. The minimum absolute atomic E-state index is 0.00992. The van der Waals surface area contributed by atoms with Crippen LogP contribution >= 0.6 is 11.6 Å². The predicted molar refractivity (Wildman–Crippen MR) is 67.5 cm³/mol. The molecule has 0 aliphatic carbocycles. The number of pyridine rings is 1. The number of carbonyl (C=O) groups excluding carboxylic acids is 1. The number of nitrogens with one attached hydrogen (secondary N) is 2. The zero-order valence-corrected chi connectivity index (χ0v) is 11.2. The molecule has 1 aromatic rings. The molecule has 7 nitrogen and oxygen atoms in total. The summed E-state index contributed by atoms with van der Waals surface area (Å²) in [6.45, 7) is -0.00992. The number of rotatable bonds is 5. The third kappa shape index (κ3) is 3.83. The van der Waals surface area contributed by atoms with Crippen LogP contribution in [0.15, 0.2) is 17.2 Å². The number of aromatic nitrogens is 1. The number of halogens is 1. The van der Waals surface area contributed by atoms with Crippen LogP contribution in [0.2, 0.25) is 5.02 Å². The van der Waals surface area contributed by atoms with E-state index in [4.69, 9.17) is 17.3 Å². The van der Waals surface area contributed by atoms with E-state index in [0.29, 0.717) is 0 Å². The molecule has 0 aromatic carbocycles. The van der Waals surface area contributed by atoms with Crippen molar-refractivity contribution in [3.05, 3.63) is 17.3 Å². The number of nitrogens with zero attached hydrogens (tertiary/aromatic N) is 1. The molecule has 1 amide bonds. The number of carbonyl (C=O) groups is 1. The molecule has 0 unspecified atom stereocenters. The van der Waals surface area contributed by atoms with E-state index in [9.17, 15) is 13.2 Å². The summed E-state index contributed by atoms with van der Waals surface area (Å²) < 4.78 is 25.8. The van der Waals surface area contributed by atoms with Gasteiger partial charge in [-0.05, 0) is 6.07 Å². The van der Waals surface area contributed by atoms with Gasteiger partial charge in [0.05, 0.1) is 5.02 Å². The third-order valence-corrected chi connectivity index (χ3v) is 3.81. The lowest BCUT2D eigenvalue weighted by atomic mass is 10.4. The molecule has 0 spiro atoms. The maximum Gasteiger partial charge on any atom is 0.242 e. The van der Waals surface area contributed by atoms with E-state index in [1.807, 2.05) is 0 Å². The van der Waals surface area contributed by atoms with Crippen molar-refractivity contribution in [1.29, 1.82) is 0 Å². The first-order valence-electron chi connectivity index (χ1n) is 4.98. The van der Waals surface area contributed by atoms with Crippen LogP contribution in [0.5, 0.6) is 0 Å². The number of amides is 1. The van der Waals surface area contributed by atoms with Crippen molar-refractivity contribution in [2.45, 2.75) is 11.3 Å². The van der Waals surface area contributed by atoms with Crippen molar-refractivity contribution < 1.29 is 13.2 Å². The SMILES string of the molecule is CNC(=O)CCNS(=O)(=O)c1cnc(N)c(Cl)c1. The Morgan fingerprint density at radius 3 is 2.78 bits per heavy atom. The highest BCUT2D eigenvalue weighted by molar-refractivity contribution is 7.89. The molecule has 0 radical (unpaired) electrons. The van der Waals surface area contributed by atoms with Gasteiger partial charge in [-0.15, -0.1) is 0 Å². The zero-order valence-electron chi connectivity index (χ0n) is 9.60. The van der Waals surface area contributed by atoms with Gasteiger partial charge in [-0.3, -0.25) is 4.79 Å². The van der Waals surface area contributed by atoms with Crippen LogP contribution < -0.4 is 15.8 Å². The van der Waals surface area contributed by atoms with E-state index in [1.54, 1.807) is 0 Å². The van der Waals surface area contributed by atoms with Gasteiger partial charge in [0.15, 0.2) is 0 Å². The smallest absolute Gasteiger partial charge is 0.242 e. The van der Waals surface area contributed by atoms with E-state index in [-0.39, 0.29) is 34.6 Å². The topological polar surface area (TPSA) is 114 Å². The second-order valence-electron chi connectivity index (χ2n) is 3.36. The van der Waals surface area contributed by atoms with Gasteiger partial charge in [0.2, 0.25) is 15.9 Å².